The Kier molecular flexibility index (Phi) is 7.48. The van der Waals surface area contributed by atoms with E-state index in [0.29, 0.717) is 41.5 Å². The SMILES string of the molecule is O=C(Cc1ccc2c3c(cccc13)C(=O)N2CCc1ccc(Cl)cc1Cl)C1CCCCN1S(=O)(=O)c1cccs1. The number of benzene rings is 3. The number of hydrogen-bond donors (Lipinski definition) is 0. The molecule has 1 aromatic heterocycles. The molecule has 0 N–H and O–H groups in total. The zero-order valence-corrected chi connectivity index (χ0v) is 24.6. The number of carbonyl (C=O) groups excluding carboxylic acids is 2. The Hall–Kier alpha value is -2.75. The molecule has 3 heterocycles. The fourth-order valence-electron chi connectivity index (χ4n) is 5.79. The first-order chi connectivity index (χ1) is 19.3. The van der Waals surface area contributed by atoms with Crippen molar-refractivity contribution in [3.05, 3.63) is 92.8 Å². The third-order valence-electron chi connectivity index (χ3n) is 7.74. The summed E-state index contributed by atoms with van der Waals surface area (Å²) < 4.78 is 28.3. The molecule has 1 saturated heterocycles. The van der Waals surface area contributed by atoms with Gasteiger partial charge in [0.25, 0.3) is 15.9 Å². The summed E-state index contributed by atoms with van der Waals surface area (Å²) in [5.41, 5.74) is 3.10. The highest BCUT2D eigenvalue weighted by molar-refractivity contribution is 7.91. The van der Waals surface area contributed by atoms with Crippen LogP contribution in [-0.2, 0) is 27.7 Å². The molecule has 0 spiro atoms. The molecule has 2 aliphatic rings. The third-order valence-corrected chi connectivity index (χ3v) is 11.6. The van der Waals surface area contributed by atoms with Gasteiger partial charge >= 0.3 is 0 Å². The van der Waals surface area contributed by atoms with Gasteiger partial charge in [0.1, 0.15) is 4.21 Å². The zero-order valence-electron chi connectivity index (χ0n) is 21.5. The van der Waals surface area contributed by atoms with Crippen molar-refractivity contribution in [2.24, 2.45) is 0 Å². The predicted molar refractivity (Wildman–Crippen MR) is 160 cm³/mol. The number of amides is 1. The highest BCUT2D eigenvalue weighted by Crippen LogP contribution is 2.40. The van der Waals surface area contributed by atoms with Gasteiger partial charge in [0.15, 0.2) is 5.78 Å². The van der Waals surface area contributed by atoms with Gasteiger partial charge in [-0.1, -0.05) is 60.0 Å². The van der Waals surface area contributed by atoms with Crippen LogP contribution in [0.3, 0.4) is 0 Å². The molecule has 6 rings (SSSR count). The van der Waals surface area contributed by atoms with E-state index in [-0.39, 0.29) is 22.3 Å². The standard InChI is InChI=1S/C30H26Cl2N2O4S2/c31-21-11-9-19(24(32)18-21)13-15-33-26-12-10-20(22-5-3-6-23(29(22)26)30(33)36)17-27(35)25-7-1-2-14-34(25)40(37,38)28-8-4-16-39-28/h3-6,8-12,16,18,25H,1-2,7,13-15,17H2. The quantitative estimate of drug-likeness (QED) is 0.220. The van der Waals surface area contributed by atoms with Gasteiger partial charge in [-0.2, -0.15) is 4.31 Å². The second-order valence-electron chi connectivity index (χ2n) is 10.1. The fraction of sp³-hybridized carbons (Fsp3) is 0.267. The summed E-state index contributed by atoms with van der Waals surface area (Å²) in [4.78, 5) is 28.8. The monoisotopic (exact) mass is 612 g/mol. The molecular weight excluding hydrogens is 587 g/mol. The number of ketones is 1. The molecule has 0 saturated carbocycles. The summed E-state index contributed by atoms with van der Waals surface area (Å²) in [5, 5.41) is 4.52. The zero-order chi connectivity index (χ0) is 28.0. The van der Waals surface area contributed by atoms with Crippen LogP contribution in [0.2, 0.25) is 10.0 Å². The molecular formula is C30H26Cl2N2O4S2. The lowest BCUT2D eigenvalue weighted by Crippen LogP contribution is -2.48. The molecule has 4 aromatic rings. The average Bonchev–Trinajstić information content (AvgIpc) is 3.59. The summed E-state index contributed by atoms with van der Waals surface area (Å²) >= 11 is 13.6. The largest absolute Gasteiger partial charge is 0.307 e. The van der Waals surface area contributed by atoms with Crippen LogP contribution < -0.4 is 4.90 Å². The van der Waals surface area contributed by atoms with Crippen LogP contribution in [-0.4, -0.2) is 43.5 Å². The van der Waals surface area contributed by atoms with E-state index < -0.39 is 16.1 Å². The minimum atomic E-state index is -3.74. The van der Waals surface area contributed by atoms with E-state index in [1.165, 1.54) is 15.6 Å². The summed E-state index contributed by atoms with van der Waals surface area (Å²) in [5.74, 6) is -0.214. The molecule has 1 unspecified atom stereocenters. The lowest BCUT2D eigenvalue weighted by molar-refractivity contribution is -0.122. The molecule has 1 amide bonds. The Bertz CT molecular complexity index is 1740. The highest BCUT2D eigenvalue weighted by atomic mass is 35.5. The number of thiophene rings is 1. The van der Waals surface area contributed by atoms with Gasteiger partial charge in [-0.25, -0.2) is 8.42 Å². The van der Waals surface area contributed by atoms with Gasteiger partial charge < -0.3 is 4.90 Å². The highest BCUT2D eigenvalue weighted by Gasteiger charge is 2.38. The van der Waals surface area contributed by atoms with Crippen molar-refractivity contribution in [2.45, 2.75) is 42.4 Å². The number of halogens is 2. The second-order valence-corrected chi connectivity index (χ2v) is 14.0. The number of hydrogen-bond acceptors (Lipinski definition) is 5. The van der Waals surface area contributed by atoms with Crippen molar-refractivity contribution < 1.29 is 18.0 Å². The predicted octanol–water partition coefficient (Wildman–Crippen LogP) is 6.77. The normalized spacial score (nSPS) is 17.6. The lowest BCUT2D eigenvalue weighted by atomic mass is 9.93. The number of nitrogens with zero attached hydrogens (tertiary/aromatic N) is 2. The van der Waals surface area contributed by atoms with Crippen LogP contribution >= 0.6 is 34.5 Å². The first-order valence-corrected chi connectivity index (χ1v) is 16.2. The van der Waals surface area contributed by atoms with Crippen molar-refractivity contribution in [1.29, 1.82) is 0 Å². The molecule has 40 heavy (non-hydrogen) atoms. The smallest absolute Gasteiger partial charge is 0.259 e. The van der Waals surface area contributed by atoms with Gasteiger partial charge in [0.2, 0.25) is 0 Å². The van der Waals surface area contributed by atoms with E-state index in [0.717, 1.165) is 40.4 Å². The number of Topliss-reactive ketones (excluding diaryl/α,β-unsaturated/α-hetero) is 1. The molecule has 1 fully saturated rings. The Morgan fingerprint density at radius 1 is 1.00 bits per heavy atom. The summed E-state index contributed by atoms with van der Waals surface area (Å²) in [6, 6.07) is 17.3. The molecule has 3 aromatic carbocycles. The average molecular weight is 614 g/mol. The Labute approximate surface area is 247 Å². The molecule has 6 nitrogen and oxygen atoms in total. The van der Waals surface area contributed by atoms with E-state index >= 15 is 0 Å². The van der Waals surface area contributed by atoms with Crippen LogP contribution in [0.4, 0.5) is 5.69 Å². The topological polar surface area (TPSA) is 74.8 Å². The van der Waals surface area contributed by atoms with Crippen LogP contribution in [0.5, 0.6) is 0 Å². The summed E-state index contributed by atoms with van der Waals surface area (Å²) in [7, 11) is -3.74. The van der Waals surface area contributed by atoms with Crippen LogP contribution in [0.25, 0.3) is 10.8 Å². The molecule has 0 radical (unpaired) electrons. The van der Waals surface area contributed by atoms with Crippen LogP contribution in [0.1, 0.15) is 40.7 Å². The number of carbonyl (C=O) groups is 2. The first kappa shape index (κ1) is 27.4. The van der Waals surface area contributed by atoms with Crippen molar-refractivity contribution in [3.63, 3.8) is 0 Å². The number of piperidine rings is 1. The van der Waals surface area contributed by atoms with Crippen LogP contribution in [0.15, 0.2) is 70.3 Å². The maximum atomic E-state index is 13.7. The van der Waals surface area contributed by atoms with Crippen molar-refractivity contribution in [3.8, 4) is 0 Å². The maximum absolute atomic E-state index is 13.7. The second kappa shape index (κ2) is 10.9. The Morgan fingerprint density at radius 2 is 1.82 bits per heavy atom. The van der Waals surface area contributed by atoms with E-state index in [4.69, 9.17) is 23.2 Å². The molecule has 1 atom stereocenters. The van der Waals surface area contributed by atoms with Gasteiger partial charge in [0.05, 0.1) is 11.7 Å². The van der Waals surface area contributed by atoms with Gasteiger partial charge in [-0.3, -0.25) is 9.59 Å². The molecule has 0 aliphatic carbocycles. The van der Waals surface area contributed by atoms with Crippen molar-refractivity contribution in [2.75, 3.05) is 18.0 Å². The Balaban J connectivity index is 1.27. The number of sulfonamides is 1. The first-order valence-electron chi connectivity index (χ1n) is 13.1. The molecule has 206 valence electrons. The van der Waals surface area contributed by atoms with E-state index in [1.807, 2.05) is 36.4 Å². The fourth-order valence-corrected chi connectivity index (χ4v) is 9.09. The van der Waals surface area contributed by atoms with Crippen molar-refractivity contribution >= 4 is 72.7 Å². The number of anilines is 1. The van der Waals surface area contributed by atoms with Gasteiger partial charge in [-0.05, 0) is 71.5 Å². The number of rotatable bonds is 8. The minimum Gasteiger partial charge on any atom is -0.307 e. The van der Waals surface area contributed by atoms with Crippen molar-refractivity contribution in [1.82, 2.24) is 4.31 Å². The maximum Gasteiger partial charge on any atom is 0.259 e. The van der Waals surface area contributed by atoms with E-state index in [1.54, 1.807) is 34.5 Å². The third kappa shape index (κ3) is 4.86. The van der Waals surface area contributed by atoms with E-state index in [2.05, 4.69) is 0 Å². The van der Waals surface area contributed by atoms with Gasteiger partial charge in [-0.15, -0.1) is 11.3 Å². The minimum absolute atomic E-state index is 0.0883. The molecule has 2 aliphatic heterocycles. The molecule has 10 heteroatoms. The lowest BCUT2D eigenvalue weighted by Gasteiger charge is -2.33. The van der Waals surface area contributed by atoms with Gasteiger partial charge in [0, 0.05) is 40.5 Å². The Morgan fingerprint density at radius 3 is 2.60 bits per heavy atom. The summed E-state index contributed by atoms with van der Waals surface area (Å²) in [6.07, 6.45) is 2.69. The van der Waals surface area contributed by atoms with E-state index in [9.17, 15) is 18.0 Å². The molecule has 0 bridgehead atoms. The summed E-state index contributed by atoms with van der Waals surface area (Å²) in [6.45, 7) is 0.779. The van der Waals surface area contributed by atoms with Crippen LogP contribution in [0, 0.1) is 0 Å².